The molecule has 0 unspecified atom stereocenters. The van der Waals surface area contributed by atoms with Gasteiger partial charge in [-0.15, -0.1) is 0 Å². The van der Waals surface area contributed by atoms with Crippen LogP contribution in [0.2, 0.25) is 0 Å². The lowest BCUT2D eigenvalue weighted by molar-refractivity contribution is -0.137. The van der Waals surface area contributed by atoms with E-state index in [2.05, 4.69) is 49.1 Å². The van der Waals surface area contributed by atoms with Crippen molar-refractivity contribution in [1.29, 1.82) is 0 Å². The van der Waals surface area contributed by atoms with Crippen molar-refractivity contribution in [2.75, 3.05) is 51.3 Å². The van der Waals surface area contributed by atoms with Crippen LogP contribution in [0, 0.1) is 19.8 Å². The standard InChI is InChI=1S/C31H37N3O4S/c1-23-12-13-24(2)30(20-23)32-16-18-33(19-17-32)31(35)29-22-34(15-14-28(29)25-8-5-4-6-9-25)39(36,37)27-11-7-10-26(21-27)38-3/h4-13,20-21,28-29H,14-19,22H2,1-3H3/t28-,29-/m0/s1. The fraction of sp³-hybridized carbons (Fsp3) is 0.387. The number of aryl methyl sites for hydroxylation is 2. The zero-order valence-corrected chi connectivity index (χ0v) is 23.7. The van der Waals surface area contributed by atoms with Gasteiger partial charge >= 0.3 is 0 Å². The van der Waals surface area contributed by atoms with Gasteiger partial charge < -0.3 is 14.5 Å². The van der Waals surface area contributed by atoms with Crippen LogP contribution >= 0.6 is 0 Å². The van der Waals surface area contributed by atoms with Gasteiger partial charge in [0.05, 0.1) is 17.9 Å². The molecule has 0 bridgehead atoms. The van der Waals surface area contributed by atoms with Crippen LogP contribution in [0.15, 0.2) is 77.7 Å². The Balaban J connectivity index is 1.37. The second kappa shape index (κ2) is 11.4. The molecule has 0 aliphatic carbocycles. The normalized spacial score (nSPS) is 20.6. The third-order valence-electron chi connectivity index (χ3n) is 8.10. The number of piperidine rings is 1. The Morgan fingerprint density at radius 3 is 2.33 bits per heavy atom. The van der Waals surface area contributed by atoms with E-state index in [1.165, 1.54) is 28.2 Å². The summed E-state index contributed by atoms with van der Waals surface area (Å²) >= 11 is 0. The average Bonchev–Trinajstić information content (AvgIpc) is 2.98. The lowest BCUT2D eigenvalue weighted by Gasteiger charge is -2.42. The Hall–Kier alpha value is -3.36. The van der Waals surface area contributed by atoms with E-state index >= 15 is 0 Å². The Morgan fingerprint density at radius 2 is 1.62 bits per heavy atom. The van der Waals surface area contributed by atoms with Crippen LogP contribution in [0.4, 0.5) is 5.69 Å². The second-order valence-electron chi connectivity index (χ2n) is 10.6. The van der Waals surface area contributed by atoms with Crippen molar-refractivity contribution < 1.29 is 17.9 Å². The molecule has 2 saturated heterocycles. The zero-order chi connectivity index (χ0) is 27.6. The highest BCUT2D eigenvalue weighted by Gasteiger charge is 2.42. The molecule has 2 aliphatic heterocycles. The number of piperazine rings is 1. The summed E-state index contributed by atoms with van der Waals surface area (Å²) in [6.45, 7) is 7.49. The van der Waals surface area contributed by atoms with Crippen LogP contribution in [0.25, 0.3) is 0 Å². The third kappa shape index (κ3) is 5.68. The molecule has 2 atom stereocenters. The quantitative estimate of drug-likeness (QED) is 0.456. The van der Waals surface area contributed by atoms with Gasteiger partial charge in [0.2, 0.25) is 15.9 Å². The molecule has 7 nitrogen and oxygen atoms in total. The second-order valence-corrected chi connectivity index (χ2v) is 12.5. The Labute approximate surface area is 232 Å². The van der Waals surface area contributed by atoms with Crippen LogP contribution in [0.3, 0.4) is 0 Å². The van der Waals surface area contributed by atoms with E-state index in [9.17, 15) is 13.2 Å². The minimum atomic E-state index is -3.78. The van der Waals surface area contributed by atoms with E-state index < -0.39 is 15.9 Å². The number of hydrogen-bond donors (Lipinski definition) is 0. The van der Waals surface area contributed by atoms with Gasteiger partial charge in [-0.2, -0.15) is 4.31 Å². The van der Waals surface area contributed by atoms with Crippen molar-refractivity contribution in [2.45, 2.75) is 31.1 Å². The molecule has 3 aromatic carbocycles. The molecule has 0 aromatic heterocycles. The van der Waals surface area contributed by atoms with E-state index in [1.807, 2.05) is 23.1 Å². The highest BCUT2D eigenvalue weighted by molar-refractivity contribution is 7.89. The first kappa shape index (κ1) is 27.2. The fourth-order valence-corrected chi connectivity index (χ4v) is 7.38. The minimum Gasteiger partial charge on any atom is -0.497 e. The van der Waals surface area contributed by atoms with Gasteiger partial charge in [-0.3, -0.25) is 4.79 Å². The number of rotatable bonds is 6. The molecule has 0 saturated carbocycles. The molecule has 2 aliphatic rings. The Kier molecular flexibility index (Phi) is 7.96. The summed E-state index contributed by atoms with van der Waals surface area (Å²) in [6, 6.07) is 23.1. The van der Waals surface area contributed by atoms with Gasteiger partial charge in [-0.25, -0.2) is 8.42 Å². The lowest BCUT2D eigenvalue weighted by atomic mass is 9.80. The van der Waals surface area contributed by atoms with Gasteiger partial charge in [0.25, 0.3) is 0 Å². The van der Waals surface area contributed by atoms with Crippen molar-refractivity contribution in [3.63, 3.8) is 0 Å². The summed E-state index contributed by atoms with van der Waals surface area (Å²) in [5.74, 6) is 0.0425. The third-order valence-corrected chi connectivity index (χ3v) is 9.96. The number of amides is 1. The molecule has 0 spiro atoms. The number of sulfonamides is 1. The van der Waals surface area contributed by atoms with E-state index in [4.69, 9.17) is 4.74 Å². The van der Waals surface area contributed by atoms with E-state index in [1.54, 1.807) is 24.3 Å². The van der Waals surface area contributed by atoms with Crippen molar-refractivity contribution in [2.24, 2.45) is 5.92 Å². The van der Waals surface area contributed by atoms with Crippen LogP contribution in [0.5, 0.6) is 5.75 Å². The maximum atomic E-state index is 14.1. The number of nitrogens with zero attached hydrogens (tertiary/aromatic N) is 3. The predicted molar refractivity (Wildman–Crippen MR) is 154 cm³/mol. The number of anilines is 1. The first-order chi connectivity index (χ1) is 18.8. The first-order valence-electron chi connectivity index (χ1n) is 13.6. The van der Waals surface area contributed by atoms with Crippen molar-refractivity contribution in [3.05, 3.63) is 89.5 Å². The summed E-state index contributed by atoms with van der Waals surface area (Å²) < 4.78 is 34.0. The molecule has 0 N–H and O–H groups in total. The van der Waals surface area contributed by atoms with Crippen molar-refractivity contribution >= 4 is 21.6 Å². The molecular formula is C31H37N3O4S. The number of hydrogen-bond acceptors (Lipinski definition) is 5. The van der Waals surface area contributed by atoms with Crippen molar-refractivity contribution in [3.8, 4) is 5.75 Å². The van der Waals surface area contributed by atoms with Gasteiger partial charge in [-0.1, -0.05) is 48.5 Å². The molecule has 39 heavy (non-hydrogen) atoms. The minimum absolute atomic E-state index is 0.0347. The van der Waals surface area contributed by atoms with E-state index in [0.717, 1.165) is 18.7 Å². The molecule has 206 valence electrons. The van der Waals surface area contributed by atoms with Crippen LogP contribution < -0.4 is 9.64 Å². The number of benzene rings is 3. The summed E-state index contributed by atoms with van der Waals surface area (Å²) in [4.78, 5) is 18.5. The largest absolute Gasteiger partial charge is 0.497 e. The molecule has 8 heteroatoms. The van der Waals surface area contributed by atoms with Gasteiger partial charge in [0.1, 0.15) is 5.75 Å². The molecule has 1 amide bonds. The summed E-state index contributed by atoms with van der Waals surface area (Å²) in [5, 5.41) is 0. The highest BCUT2D eigenvalue weighted by Crippen LogP contribution is 2.37. The first-order valence-corrected chi connectivity index (χ1v) is 15.0. The number of ether oxygens (including phenoxy) is 1. The fourth-order valence-electron chi connectivity index (χ4n) is 5.86. The van der Waals surface area contributed by atoms with Gasteiger partial charge in [-0.05, 0) is 61.1 Å². The van der Waals surface area contributed by atoms with Gasteiger partial charge in [0.15, 0.2) is 0 Å². The summed E-state index contributed by atoms with van der Waals surface area (Å²) in [5.41, 5.74) is 4.76. The Bertz CT molecular complexity index is 1420. The highest BCUT2D eigenvalue weighted by atomic mass is 32.2. The zero-order valence-electron chi connectivity index (χ0n) is 22.9. The Morgan fingerprint density at radius 1 is 0.872 bits per heavy atom. The smallest absolute Gasteiger partial charge is 0.243 e. The predicted octanol–water partition coefficient (Wildman–Crippen LogP) is 4.46. The average molecular weight is 548 g/mol. The molecule has 2 heterocycles. The molecular weight excluding hydrogens is 510 g/mol. The molecule has 0 radical (unpaired) electrons. The van der Waals surface area contributed by atoms with Crippen molar-refractivity contribution in [1.82, 2.24) is 9.21 Å². The van der Waals surface area contributed by atoms with Crippen LogP contribution in [-0.4, -0.2) is 69.9 Å². The van der Waals surface area contributed by atoms with Crippen LogP contribution in [0.1, 0.15) is 29.0 Å². The topological polar surface area (TPSA) is 70.2 Å². The van der Waals surface area contributed by atoms with Gasteiger partial charge in [0, 0.05) is 51.0 Å². The summed E-state index contributed by atoms with van der Waals surface area (Å²) in [7, 11) is -2.26. The molecule has 3 aromatic rings. The van der Waals surface area contributed by atoms with E-state index in [-0.39, 0.29) is 23.3 Å². The number of methoxy groups -OCH3 is 1. The van der Waals surface area contributed by atoms with E-state index in [0.29, 0.717) is 31.8 Å². The SMILES string of the molecule is COc1cccc(S(=O)(=O)N2CC[C@@H](c3ccccc3)[C@@H](C(=O)N3CCN(c4cc(C)ccc4C)CC3)C2)c1. The lowest BCUT2D eigenvalue weighted by Crippen LogP contribution is -2.54. The number of carbonyl (C=O) groups is 1. The maximum absolute atomic E-state index is 14.1. The monoisotopic (exact) mass is 547 g/mol. The summed E-state index contributed by atoms with van der Waals surface area (Å²) in [6.07, 6.45) is 0.589. The number of carbonyl (C=O) groups excluding carboxylic acids is 1. The van der Waals surface area contributed by atoms with Crippen LogP contribution in [-0.2, 0) is 14.8 Å². The maximum Gasteiger partial charge on any atom is 0.243 e. The molecule has 2 fully saturated rings. The molecule has 5 rings (SSSR count).